The van der Waals surface area contributed by atoms with E-state index >= 15 is 0 Å². The molecule has 17 heavy (non-hydrogen) atoms. The van der Waals surface area contributed by atoms with Crippen molar-refractivity contribution < 1.29 is 0 Å². The van der Waals surface area contributed by atoms with Gasteiger partial charge in [-0.2, -0.15) is 0 Å². The van der Waals surface area contributed by atoms with Crippen LogP contribution in [0.1, 0.15) is 19.8 Å². The van der Waals surface area contributed by atoms with Gasteiger partial charge >= 0.3 is 0 Å². The van der Waals surface area contributed by atoms with E-state index in [2.05, 4.69) is 24.9 Å². The molecule has 94 valence electrons. The number of halogens is 1. The maximum Gasteiger partial charge on any atom is 0.0659 e. The number of hydrogen-bond donors (Lipinski definition) is 1. The van der Waals surface area contributed by atoms with E-state index in [1.54, 1.807) is 0 Å². The molecule has 0 saturated carbocycles. The molecule has 0 aliphatic heterocycles. The Morgan fingerprint density at radius 3 is 2.71 bits per heavy atom. The van der Waals surface area contributed by atoms with Gasteiger partial charge in [-0.05, 0) is 38.0 Å². The van der Waals surface area contributed by atoms with Gasteiger partial charge in [0.1, 0.15) is 0 Å². The maximum atomic E-state index is 6.21. The van der Waals surface area contributed by atoms with Crippen molar-refractivity contribution in [3.8, 4) is 0 Å². The molecule has 1 unspecified atom stereocenters. The van der Waals surface area contributed by atoms with E-state index in [0.717, 1.165) is 29.2 Å². The normalized spacial score (nSPS) is 12.0. The summed E-state index contributed by atoms with van der Waals surface area (Å²) in [5.74, 6) is 0. The second-order valence-corrected chi connectivity index (χ2v) is 4.88. The first-order chi connectivity index (χ1) is 8.04. The summed E-state index contributed by atoms with van der Waals surface area (Å²) in [7, 11) is 3.97. The Balaban J connectivity index is 2.67. The van der Waals surface area contributed by atoms with E-state index in [9.17, 15) is 0 Å². The molecule has 0 heterocycles. The van der Waals surface area contributed by atoms with Gasteiger partial charge in [0.15, 0.2) is 0 Å². The van der Waals surface area contributed by atoms with Gasteiger partial charge in [-0.15, -0.1) is 6.58 Å². The van der Waals surface area contributed by atoms with Crippen molar-refractivity contribution in [3.05, 3.63) is 35.9 Å². The van der Waals surface area contributed by atoms with E-state index in [1.165, 1.54) is 0 Å². The topological polar surface area (TPSA) is 15.3 Å². The average molecular weight is 253 g/mol. The van der Waals surface area contributed by atoms with Crippen molar-refractivity contribution in [2.24, 2.45) is 0 Å². The maximum absolute atomic E-state index is 6.21. The van der Waals surface area contributed by atoms with Crippen LogP contribution >= 0.6 is 11.6 Å². The predicted molar refractivity (Wildman–Crippen MR) is 78.3 cm³/mol. The number of hydrogen-bond acceptors (Lipinski definition) is 2. The van der Waals surface area contributed by atoms with Crippen LogP contribution in [0.4, 0.5) is 11.4 Å². The quantitative estimate of drug-likeness (QED) is 0.765. The van der Waals surface area contributed by atoms with Crippen LogP contribution in [0.5, 0.6) is 0 Å². The number of allylic oxidation sites excluding steroid dienone is 1. The predicted octanol–water partition coefficient (Wildman–Crippen LogP) is 4.17. The molecular formula is C14H21ClN2. The van der Waals surface area contributed by atoms with Gasteiger partial charge in [-0.3, -0.25) is 0 Å². The SMILES string of the molecule is C=CCCC(C)Nc1ccc(N(C)C)c(Cl)c1. The van der Waals surface area contributed by atoms with Gasteiger partial charge in [-0.1, -0.05) is 17.7 Å². The lowest BCUT2D eigenvalue weighted by atomic mass is 10.1. The monoisotopic (exact) mass is 252 g/mol. The van der Waals surface area contributed by atoms with Gasteiger partial charge in [0.2, 0.25) is 0 Å². The Bertz CT molecular complexity index is 374. The molecule has 1 aromatic rings. The number of anilines is 2. The Kier molecular flexibility index (Phi) is 5.36. The van der Waals surface area contributed by atoms with Crippen molar-refractivity contribution in [2.75, 3.05) is 24.3 Å². The van der Waals surface area contributed by atoms with Gasteiger partial charge in [0.25, 0.3) is 0 Å². The zero-order valence-corrected chi connectivity index (χ0v) is 11.6. The molecule has 0 spiro atoms. The highest BCUT2D eigenvalue weighted by Crippen LogP contribution is 2.27. The lowest BCUT2D eigenvalue weighted by molar-refractivity contribution is 0.719. The van der Waals surface area contributed by atoms with Gasteiger partial charge in [-0.25, -0.2) is 0 Å². The molecule has 2 nitrogen and oxygen atoms in total. The minimum Gasteiger partial charge on any atom is -0.383 e. The summed E-state index contributed by atoms with van der Waals surface area (Å²) in [5, 5.41) is 4.21. The van der Waals surface area contributed by atoms with Crippen LogP contribution in [0, 0.1) is 0 Å². The highest BCUT2D eigenvalue weighted by molar-refractivity contribution is 6.33. The first-order valence-electron chi connectivity index (χ1n) is 5.89. The summed E-state index contributed by atoms with van der Waals surface area (Å²) in [6, 6.07) is 6.49. The minimum atomic E-state index is 0.425. The van der Waals surface area contributed by atoms with Crippen molar-refractivity contribution in [1.82, 2.24) is 0 Å². The summed E-state index contributed by atoms with van der Waals surface area (Å²) in [6.45, 7) is 5.89. The summed E-state index contributed by atoms with van der Waals surface area (Å²) in [5.41, 5.74) is 2.10. The Morgan fingerprint density at radius 2 is 2.18 bits per heavy atom. The Labute approximate surface area is 109 Å². The van der Waals surface area contributed by atoms with Crippen LogP contribution in [0.15, 0.2) is 30.9 Å². The fourth-order valence-corrected chi connectivity index (χ4v) is 2.03. The number of rotatable bonds is 6. The second kappa shape index (κ2) is 6.55. The largest absolute Gasteiger partial charge is 0.383 e. The number of nitrogens with one attached hydrogen (secondary N) is 1. The lowest BCUT2D eigenvalue weighted by Gasteiger charge is -2.18. The summed E-state index contributed by atoms with van der Waals surface area (Å²) < 4.78 is 0. The molecule has 3 heteroatoms. The Hall–Kier alpha value is -1.15. The van der Waals surface area contributed by atoms with Crippen LogP contribution in [-0.2, 0) is 0 Å². The van der Waals surface area contributed by atoms with Gasteiger partial charge in [0, 0.05) is 25.8 Å². The average Bonchev–Trinajstić information content (AvgIpc) is 2.26. The van der Waals surface area contributed by atoms with Crippen molar-refractivity contribution in [1.29, 1.82) is 0 Å². The third-order valence-electron chi connectivity index (χ3n) is 2.65. The van der Waals surface area contributed by atoms with E-state index < -0.39 is 0 Å². The summed E-state index contributed by atoms with van der Waals surface area (Å²) in [6.07, 6.45) is 4.05. The van der Waals surface area contributed by atoms with Gasteiger partial charge < -0.3 is 10.2 Å². The zero-order chi connectivity index (χ0) is 12.8. The van der Waals surface area contributed by atoms with Crippen molar-refractivity contribution in [3.63, 3.8) is 0 Å². The number of nitrogens with zero attached hydrogens (tertiary/aromatic N) is 1. The van der Waals surface area contributed by atoms with Crippen LogP contribution < -0.4 is 10.2 Å². The highest BCUT2D eigenvalue weighted by atomic mass is 35.5. The summed E-state index contributed by atoms with van der Waals surface area (Å²) in [4.78, 5) is 2.01. The van der Waals surface area contributed by atoms with E-state index in [1.807, 2.05) is 37.2 Å². The van der Waals surface area contributed by atoms with Crippen LogP contribution in [0.3, 0.4) is 0 Å². The van der Waals surface area contributed by atoms with Crippen LogP contribution in [0.25, 0.3) is 0 Å². The Morgan fingerprint density at radius 1 is 1.47 bits per heavy atom. The lowest BCUT2D eigenvalue weighted by Crippen LogP contribution is -2.15. The highest BCUT2D eigenvalue weighted by Gasteiger charge is 2.05. The molecule has 0 aliphatic carbocycles. The molecule has 0 saturated heterocycles. The third-order valence-corrected chi connectivity index (χ3v) is 2.95. The minimum absolute atomic E-state index is 0.425. The molecule has 0 bridgehead atoms. The molecule has 0 amide bonds. The first kappa shape index (κ1) is 13.9. The molecule has 1 aromatic carbocycles. The van der Waals surface area contributed by atoms with Crippen LogP contribution in [-0.4, -0.2) is 20.1 Å². The molecule has 1 N–H and O–H groups in total. The van der Waals surface area contributed by atoms with E-state index in [4.69, 9.17) is 11.6 Å². The molecule has 1 atom stereocenters. The first-order valence-corrected chi connectivity index (χ1v) is 6.26. The van der Waals surface area contributed by atoms with Crippen molar-refractivity contribution in [2.45, 2.75) is 25.8 Å². The number of benzene rings is 1. The molecule has 1 rings (SSSR count). The smallest absolute Gasteiger partial charge is 0.0659 e. The standard InChI is InChI=1S/C14H21ClN2/c1-5-6-7-11(2)16-12-8-9-14(17(3)4)13(15)10-12/h5,8-11,16H,1,6-7H2,2-4H3. The fourth-order valence-electron chi connectivity index (χ4n) is 1.68. The molecule has 0 fully saturated rings. The second-order valence-electron chi connectivity index (χ2n) is 4.47. The van der Waals surface area contributed by atoms with Gasteiger partial charge in [0.05, 0.1) is 10.7 Å². The molecular weight excluding hydrogens is 232 g/mol. The summed E-state index contributed by atoms with van der Waals surface area (Å²) >= 11 is 6.21. The zero-order valence-electron chi connectivity index (χ0n) is 10.8. The fraction of sp³-hybridized carbons (Fsp3) is 0.429. The molecule has 0 radical (unpaired) electrons. The molecule has 0 aromatic heterocycles. The van der Waals surface area contributed by atoms with Crippen LogP contribution in [0.2, 0.25) is 5.02 Å². The van der Waals surface area contributed by atoms with Crippen molar-refractivity contribution >= 4 is 23.0 Å². The van der Waals surface area contributed by atoms with E-state index in [0.29, 0.717) is 6.04 Å². The molecule has 0 aliphatic rings. The third kappa shape index (κ3) is 4.31. The van der Waals surface area contributed by atoms with E-state index in [-0.39, 0.29) is 0 Å².